The molecule has 0 aliphatic carbocycles. The van der Waals surface area contributed by atoms with Gasteiger partial charge in [0.05, 0.1) is 6.04 Å². The molecule has 0 amide bonds. The van der Waals surface area contributed by atoms with Crippen LogP contribution in [-0.2, 0) is 0 Å². The monoisotopic (exact) mass is 259 g/mol. The molecule has 0 bridgehead atoms. The van der Waals surface area contributed by atoms with Gasteiger partial charge < -0.3 is 0 Å². The van der Waals surface area contributed by atoms with Crippen LogP contribution >= 0.6 is 0 Å². The van der Waals surface area contributed by atoms with E-state index in [0.29, 0.717) is 5.56 Å². The van der Waals surface area contributed by atoms with E-state index in [1.807, 2.05) is 32.9 Å². The normalized spacial score (nSPS) is 12.5. The van der Waals surface area contributed by atoms with E-state index in [-0.39, 0.29) is 5.82 Å². The van der Waals surface area contributed by atoms with Crippen LogP contribution in [0.5, 0.6) is 0 Å². The number of nitrogens with two attached hydrogens (primary N) is 1. The van der Waals surface area contributed by atoms with E-state index in [1.165, 1.54) is 6.07 Å². The molecule has 3 N–H and O–H groups in total. The van der Waals surface area contributed by atoms with Crippen molar-refractivity contribution < 1.29 is 4.39 Å². The van der Waals surface area contributed by atoms with Crippen molar-refractivity contribution in [2.24, 2.45) is 5.84 Å². The summed E-state index contributed by atoms with van der Waals surface area (Å²) in [6.07, 6.45) is 3.43. The Kier molecular flexibility index (Phi) is 3.93. The summed E-state index contributed by atoms with van der Waals surface area (Å²) in [5.41, 5.74) is 6.96. The fraction of sp³-hybridized carbons (Fsp3) is 0.267. The quantitative estimate of drug-likeness (QED) is 0.658. The number of hydrazine groups is 1. The first-order valence-electron chi connectivity index (χ1n) is 6.18. The number of nitrogens with zero attached hydrogens (tertiary/aromatic N) is 1. The van der Waals surface area contributed by atoms with Gasteiger partial charge in [-0.05, 0) is 55.2 Å². The molecular formula is C15H18FN3. The second kappa shape index (κ2) is 5.47. The molecule has 100 valence electrons. The van der Waals surface area contributed by atoms with Crippen LogP contribution in [-0.4, -0.2) is 4.98 Å². The van der Waals surface area contributed by atoms with Gasteiger partial charge in [0.15, 0.2) is 0 Å². The molecule has 0 fully saturated rings. The zero-order valence-corrected chi connectivity index (χ0v) is 11.4. The average Bonchev–Trinajstić information content (AvgIpc) is 2.34. The van der Waals surface area contributed by atoms with Crippen molar-refractivity contribution in [2.75, 3.05) is 0 Å². The highest BCUT2D eigenvalue weighted by molar-refractivity contribution is 5.41. The maximum Gasteiger partial charge on any atom is 0.128 e. The Morgan fingerprint density at radius 2 is 1.95 bits per heavy atom. The lowest BCUT2D eigenvalue weighted by Crippen LogP contribution is -2.30. The lowest BCUT2D eigenvalue weighted by molar-refractivity contribution is 0.554. The fourth-order valence-corrected chi connectivity index (χ4v) is 2.40. The lowest BCUT2D eigenvalue weighted by atomic mass is 9.92. The Balaban J connectivity index is 2.58. The summed E-state index contributed by atoms with van der Waals surface area (Å²) in [6.45, 7) is 5.73. The zero-order valence-electron chi connectivity index (χ0n) is 11.4. The van der Waals surface area contributed by atoms with Crippen molar-refractivity contribution in [3.05, 3.63) is 64.2 Å². The van der Waals surface area contributed by atoms with Crippen LogP contribution in [0.4, 0.5) is 4.39 Å². The standard InChI is InChI=1S/C15H18FN3/c1-9-6-11(3)14(13(16)7-9)15(19-17)12-8-18-5-4-10(12)2/h4-8,15,19H,17H2,1-3H3. The number of hydrogen-bond donors (Lipinski definition) is 2. The molecule has 0 aliphatic heterocycles. The van der Waals surface area contributed by atoms with Gasteiger partial charge in [-0.15, -0.1) is 0 Å². The molecule has 0 aliphatic rings. The Labute approximate surface area is 112 Å². The first kappa shape index (κ1) is 13.6. The fourth-order valence-electron chi connectivity index (χ4n) is 2.40. The Morgan fingerprint density at radius 1 is 1.21 bits per heavy atom. The van der Waals surface area contributed by atoms with Crippen LogP contribution < -0.4 is 11.3 Å². The Morgan fingerprint density at radius 3 is 2.53 bits per heavy atom. The van der Waals surface area contributed by atoms with Crippen molar-refractivity contribution >= 4 is 0 Å². The molecule has 0 spiro atoms. The molecule has 4 heteroatoms. The highest BCUT2D eigenvalue weighted by atomic mass is 19.1. The molecule has 0 saturated carbocycles. The van der Waals surface area contributed by atoms with E-state index in [1.54, 1.807) is 12.4 Å². The van der Waals surface area contributed by atoms with Gasteiger partial charge in [-0.25, -0.2) is 9.82 Å². The second-order valence-corrected chi connectivity index (χ2v) is 4.81. The summed E-state index contributed by atoms with van der Waals surface area (Å²) in [4.78, 5) is 4.10. The first-order valence-corrected chi connectivity index (χ1v) is 6.18. The Hall–Kier alpha value is -1.78. The minimum atomic E-state index is -0.394. The molecule has 1 unspecified atom stereocenters. The van der Waals surface area contributed by atoms with Crippen LogP contribution in [0.1, 0.15) is 33.9 Å². The number of rotatable bonds is 3. The van der Waals surface area contributed by atoms with E-state index in [4.69, 9.17) is 5.84 Å². The molecule has 3 nitrogen and oxygen atoms in total. The van der Waals surface area contributed by atoms with Crippen molar-refractivity contribution in [1.82, 2.24) is 10.4 Å². The molecule has 1 aromatic carbocycles. The summed E-state index contributed by atoms with van der Waals surface area (Å²) in [5, 5.41) is 0. The number of benzene rings is 1. The smallest absolute Gasteiger partial charge is 0.128 e. The van der Waals surface area contributed by atoms with Crippen molar-refractivity contribution in [3.63, 3.8) is 0 Å². The molecule has 19 heavy (non-hydrogen) atoms. The third kappa shape index (κ3) is 2.64. The van der Waals surface area contributed by atoms with E-state index in [0.717, 1.165) is 22.3 Å². The predicted octanol–water partition coefficient (Wildman–Crippen LogP) is 2.70. The van der Waals surface area contributed by atoms with Gasteiger partial charge in [0.1, 0.15) is 5.82 Å². The highest BCUT2D eigenvalue weighted by Gasteiger charge is 2.20. The molecule has 1 heterocycles. The predicted molar refractivity (Wildman–Crippen MR) is 74.0 cm³/mol. The number of hydrogen-bond acceptors (Lipinski definition) is 3. The zero-order chi connectivity index (χ0) is 14.0. The Bertz CT molecular complexity index is 573. The summed E-state index contributed by atoms with van der Waals surface area (Å²) < 4.78 is 14.2. The summed E-state index contributed by atoms with van der Waals surface area (Å²) >= 11 is 0. The van der Waals surface area contributed by atoms with Gasteiger partial charge >= 0.3 is 0 Å². The molecule has 2 aromatic rings. The van der Waals surface area contributed by atoms with Crippen LogP contribution in [0.3, 0.4) is 0 Å². The van der Waals surface area contributed by atoms with Crippen molar-refractivity contribution in [1.29, 1.82) is 0 Å². The van der Waals surface area contributed by atoms with Crippen LogP contribution in [0.25, 0.3) is 0 Å². The van der Waals surface area contributed by atoms with Crippen molar-refractivity contribution in [3.8, 4) is 0 Å². The lowest BCUT2D eigenvalue weighted by Gasteiger charge is -2.21. The first-order chi connectivity index (χ1) is 9.04. The van der Waals surface area contributed by atoms with E-state index in [9.17, 15) is 4.39 Å². The molecule has 2 rings (SSSR count). The second-order valence-electron chi connectivity index (χ2n) is 4.81. The van der Waals surface area contributed by atoms with E-state index >= 15 is 0 Å². The van der Waals surface area contributed by atoms with Crippen LogP contribution in [0.15, 0.2) is 30.6 Å². The number of aromatic nitrogens is 1. The maximum absolute atomic E-state index is 14.2. The number of halogens is 1. The van der Waals surface area contributed by atoms with Crippen LogP contribution in [0, 0.1) is 26.6 Å². The number of pyridine rings is 1. The summed E-state index contributed by atoms with van der Waals surface area (Å²) in [7, 11) is 0. The van der Waals surface area contributed by atoms with Crippen molar-refractivity contribution in [2.45, 2.75) is 26.8 Å². The average molecular weight is 259 g/mol. The summed E-state index contributed by atoms with van der Waals surface area (Å²) in [6, 6.07) is 4.97. The van der Waals surface area contributed by atoms with Crippen LogP contribution in [0.2, 0.25) is 0 Å². The topological polar surface area (TPSA) is 50.9 Å². The minimum Gasteiger partial charge on any atom is -0.271 e. The SMILES string of the molecule is Cc1cc(C)c(C(NN)c2cnccc2C)c(F)c1. The van der Waals surface area contributed by atoms with Gasteiger partial charge in [-0.1, -0.05) is 6.07 Å². The molecule has 1 atom stereocenters. The van der Waals surface area contributed by atoms with E-state index < -0.39 is 6.04 Å². The van der Waals surface area contributed by atoms with Gasteiger partial charge in [0, 0.05) is 18.0 Å². The minimum absolute atomic E-state index is 0.247. The molecule has 0 saturated heterocycles. The largest absolute Gasteiger partial charge is 0.271 e. The van der Waals surface area contributed by atoms with Gasteiger partial charge in [0.25, 0.3) is 0 Å². The third-order valence-electron chi connectivity index (χ3n) is 3.33. The third-order valence-corrected chi connectivity index (χ3v) is 3.33. The van der Waals surface area contributed by atoms with E-state index in [2.05, 4.69) is 10.4 Å². The van der Waals surface area contributed by atoms with Gasteiger partial charge in [-0.2, -0.15) is 0 Å². The molecule has 0 radical (unpaired) electrons. The van der Waals surface area contributed by atoms with Gasteiger partial charge in [0.2, 0.25) is 0 Å². The van der Waals surface area contributed by atoms with Gasteiger partial charge in [-0.3, -0.25) is 10.8 Å². The number of aryl methyl sites for hydroxylation is 3. The summed E-state index contributed by atoms with van der Waals surface area (Å²) in [5.74, 6) is 5.39. The maximum atomic E-state index is 14.2. The molecular weight excluding hydrogens is 241 g/mol. The molecule has 1 aromatic heterocycles. The number of nitrogens with one attached hydrogen (secondary N) is 1. The highest BCUT2D eigenvalue weighted by Crippen LogP contribution is 2.29.